The Bertz CT molecular complexity index is 786. The molecule has 1 fully saturated rings. The zero-order valence-electron chi connectivity index (χ0n) is 13.5. The van der Waals surface area contributed by atoms with Crippen molar-refractivity contribution in [3.63, 3.8) is 0 Å². The first-order valence-electron chi connectivity index (χ1n) is 8.28. The van der Waals surface area contributed by atoms with E-state index in [1.807, 2.05) is 11.3 Å². The summed E-state index contributed by atoms with van der Waals surface area (Å²) in [5, 5.41) is 1.43. The molecule has 1 saturated heterocycles. The molecule has 1 aliphatic heterocycles. The summed E-state index contributed by atoms with van der Waals surface area (Å²) in [7, 11) is 2.22. The standard InChI is InChI=1S/C20H22N2S/c1-21-11-13-22(14-12-21)15-18-17-9-5-6-10-19(17)23-20(18)16-7-3-2-4-8-16/h2-10H,11-15H2,1H3. The van der Waals surface area contributed by atoms with Gasteiger partial charge in [-0.05, 0) is 29.6 Å². The Kier molecular flexibility index (Phi) is 4.17. The van der Waals surface area contributed by atoms with Crippen molar-refractivity contribution < 1.29 is 0 Å². The van der Waals surface area contributed by atoms with E-state index in [0.717, 1.165) is 19.6 Å². The predicted octanol–water partition coefficient (Wildman–Crippen LogP) is 4.32. The maximum atomic E-state index is 2.60. The molecule has 3 heteroatoms. The Labute approximate surface area is 142 Å². The second kappa shape index (κ2) is 6.44. The summed E-state index contributed by atoms with van der Waals surface area (Å²) in [5.74, 6) is 0. The minimum absolute atomic E-state index is 1.06. The van der Waals surface area contributed by atoms with Crippen molar-refractivity contribution in [3.05, 3.63) is 60.2 Å². The number of hydrogen-bond acceptors (Lipinski definition) is 3. The highest BCUT2D eigenvalue weighted by molar-refractivity contribution is 7.22. The second-order valence-corrected chi connectivity index (χ2v) is 7.40. The number of piperazine rings is 1. The normalized spacial score (nSPS) is 16.9. The smallest absolute Gasteiger partial charge is 0.0400 e. The molecule has 4 rings (SSSR count). The molecule has 1 aliphatic rings. The third kappa shape index (κ3) is 3.05. The van der Waals surface area contributed by atoms with E-state index < -0.39 is 0 Å². The summed E-state index contributed by atoms with van der Waals surface area (Å²) >= 11 is 1.93. The SMILES string of the molecule is CN1CCN(Cc2c(-c3ccccc3)sc3ccccc23)CC1. The molecule has 3 aromatic rings. The minimum Gasteiger partial charge on any atom is -0.304 e. The van der Waals surface area contributed by atoms with E-state index in [9.17, 15) is 0 Å². The number of likely N-dealkylation sites (N-methyl/N-ethyl adjacent to an activating group) is 1. The van der Waals surface area contributed by atoms with E-state index in [0.29, 0.717) is 0 Å². The summed E-state index contributed by atoms with van der Waals surface area (Å²) in [6, 6.07) is 19.7. The highest BCUT2D eigenvalue weighted by Gasteiger charge is 2.19. The van der Waals surface area contributed by atoms with Crippen molar-refractivity contribution in [2.24, 2.45) is 0 Å². The van der Waals surface area contributed by atoms with Gasteiger partial charge in [-0.1, -0.05) is 48.5 Å². The number of thiophene rings is 1. The molecular formula is C20H22N2S. The summed E-state index contributed by atoms with van der Waals surface area (Å²) in [6.07, 6.45) is 0. The van der Waals surface area contributed by atoms with Gasteiger partial charge in [0, 0.05) is 42.3 Å². The van der Waals surface area contributed by atoms with Gasteiger partial charge in [-0.15, -0.1) is 11.3 Å². The summed E-state index contributed by atoms with van der Waals surface area (Å²) in [4.78, 5) is 6.45. The van der Waals surface area contributed by atoms with Crippen LogP contribution in [0.3, 0.4) is 0 Å². The summed E-state index contributed by atoms with van der Waals surface area (Å²) < 4.78 is 1.40. The third-order valence-corrected chi connectivity index (χ3v) is 5.97. The highest BCUT2D eigenvalue weighted by Crippen LogP contribution is 2.39. The second-order valence-electron chi connectivity index (χ2n) is 6.35. The van der Waals surface area contributed by atoms with Gasteiger partial charge < -0.3 is 4.90 Å². The maximum Gasteiger partial charge on any atom is 0.0400 e. The molecule has 0 saturated carbocycles. The predicted molar refractivity (Wildman–Crippen MR) is 100 cm³/mol. The number of benzene rings is 2. The van der Waals surface area contributed by atoms with E-state index >= 15 is 0 Å². The Morgan fingerprint density at radius 1 is 0.870 bits per heavy atom. The van der Waals surface area contributed by atoms with E-state index in [4.69, 9.17) is 0 Å². The quantitative estimate of drug-likeness (QED) is 0.709. The van der Waals surface area contributed by atoms with Crippen molar-refractivity contribution >= 4 is 21.4 Å². The van der Waals surface area contributed by atoms with Crippen molar-refractivity contribution in [2.75, 3.05) is 33.2 Å². The number of rotatable bonds is 3. The fourth-order valence-electron chi connectivity index (χ4n) is 3.31. The lowest BCUT2D eigenvalue weighted by molar-refractivity contribution is 0.149. The van der Waals surface area contributed by atoms with Crippen LogP contribution in [0.4, 0.5) is 0 Å². The van der Waals surface area contributed by atoms with Crippen LogP contribution < -0.4 is 0 Å². The minimum atomic E-state index is 1.06. The van der Waals surface area contributed by atoms with Gasteiger partial charge in [0.2, 0.25) is 0 Å². The van der Waals surface area contributed by atoms with Crippen LogP contribution in [-0.2, 0) is 6.54 Å². The van der Waals surface area contributed by atoms with Gasteiger partial charge in [-0.3, -0.25) is 4.90 Å². The molecule has 2 nitrogen and oxygen atoms in total. The molecule has 0 unspecified atom stereocenters. The fraction of sp³-hybridized carbons (Fsp3) is 0.300. The van der Waals surface area contributed by atoms with E-state index in [-0.39, 0.29) is 0 Å². The average Bonchev–Trinajstić information content (AvgIpc) is 2.96. The topological polar surface area (TPSA) is 6.48 Å². The lowest BCUT2D eigenvalue weighted by Gasteiger charge is -2.32. The lowest BCUT2D eigenvalue weighted by Crippen LogP contribution is -2.43. The highest BCUT2D eigenvalue weighted by atomic mass is 32.1. The van der Waals surface area contributed by atoms with Crippen LogP contribution in [-0.4, -0.2) is 43.0 Å². The molecule has 0 N–H and O–H groups in total. The van der Waals surface area contributed by atoms with Crippen LogP contribution in [0.5, 0.6) is 0 Å². The zero-order valence-corrected chi connectivity index (χ0v) is 14.4. The maximum absolute atomic E-state index is 2.60. The van der Waals surface area contributed by atoms with Crippen LogP contribution >= 0.6 is 11.3 Å². The summed E-state index contributed by atoms with van der Waals surface area (Å²) in [5.41, 5.74) is 2.85. The zero-order chi connectivity index (χ0) is 15.6. The Morgan fingerprint density at radius 2 is 1.57 bits per heavy atom. The van der Waals surface area contributed by atoms with Gasteiger partial charge in [0.15, 0.2) is 0 Å². The Morgan fingerprint density at radius 3 is 2.35 bits per heavy atom. The van der Waals surface area contributed by atoms with E-state index in [2.05, 4.69) is 71.4 Å². The van der Waals surface area contributed by atoms with Gasteiger partial charge in [0.25, 0.3) is 0 Å². The van der Waals surface area contributed by atoms with Gasteiger partial charge in [-0.2, -0.15) is 0 Å². The van der Waals surface area contributed by atoms with Gasteiger partial charge in [0.05, 0.1) is 0 Å². The molecular weight excluding hydrogens is 300 g/mol. The molecule has 0 bridgehead atoms. The Hall–Kier alpha value is -1.68. The van der Waals surface area contributed by atoms with E-state index in [1.54, 1.807) is 0 Å². The molecule has 1 aromatic heterocycles. The third-order valence-electron chi connectivity index (χ3n) is 4.71. The van der Waals surface area contributed by atoms with Crippen LogP contribution in [0.15, 0.2) is 54.6 Å². The first-order chi connectivity index (χ1) is 11.3. The van der Waals surface area contributed by atoms with Crippen molar-refractivity contribution in [1.82, 2.24) is 9.80 Å². The van der Waals surface area contributed by atoms with Crippen molar-refractivity contribution in [3.8, 4) is 10.4 Å². The van der Waals surface area contributed by atoms with Crippen LogP contribution in [0, 0.1) is 0 Å². The van der Waals surface area contributed by atoms with Crippen molar-refractivity contribution in [1.29, 1.82) is 0 Å². The molecule has 0 radical (unpaired) electrons. The molecule has 0 aliphatic carbocycles. The van der Waals surface area contributed by atoms with Gasteiger partial charge in [0.1, 0.15) is 0 Å². The largest absolute Gasteiger partial charge is 0.304 e. The number of hydrogen-bond donors (Lipinski definition) is 0. The van der Waals surface area contributed by atoms with Gasteiger partial charge in [-0.25, -0.2) is 0 Å². The first-order valence-corrected chi connectivity index (χ1v) is 9.09. The molecule has 23 heavy (non-hydrogen) atoms. The Balaban J connectivity index is 1.74. The van der Waals surface area contributed by atoms with Crippen LogP contribution in [0.2, 0.25) is 0 Å². The van der Waals surface area contributed by atoms with Gasteiger partial charge >= 0.3 is 0 Å². The molecule has 0 atom stereocenters. The first kappa shape index (κ1) is 14.9. The molecule has 118 valence electrons. The fourth-order valence-corrected chi connectivity index (χ4v) is 4.53. The number of nitrogens with zero attached hydrogens (tertiary/aromatic N) is 2. The molecule has 0 amide bonds. The lowest BCUT2D eigenvalue weighted by atomic mass is 10.0. The molecule has 0 spiro atoms. The summed E-state index contributed by atoms with van der Waals surface area (Å²) in [6.45, 7) is 5.72. The van der Waals surface area contributed by atoms with Crippen molar-refractivity contribution in [2.45, 2.75) is 6.54 Å². The molecule has 2 heterocycles. The molecule has 2 aromatic carbocycles. The van der Waals surface area contributed by atoms with E-state index in [1.165, 1.54) is 39.2 Å². The van der Waals surface area contributed by atoms with Crippen LogP contribution in [0.1, 0.15) is 5.56 Å². The van der Waals surface area contributed by atoms with Crippen LogP contribution in [0.25, 0.3) is 20.5 Å². The number of fused-ring (bicyclic) bond motifs is 1. The monoisotopic (exact) mass is 322 g/mol. The average molecular weight is 322 g/mol.